The molecule has 0 atom stereocenters. The molecule has 0 fully saturated rings. The van der Waals surface area contributed by atoms with Crippen molar-refractivity contribution >= 4 is 10.8 Å². The van der Waals surface area contributed by atoms with Gasteiger partial charge in [0.15, 0.2) is 17.4 Å². The van der Waals surface area contributed by atoms with Gasteiger partial charge in [0.25, 0.3) is 0 Å². The summed E-state index contributed by atoms with van der Waals surface area (Å²) in [5, 5.41) is 1.86. The van der Waals surface area contributed by atoms with E-state index in [0.717, 1.165) is 36.8 Å². The summed E-state index contributed by atoms with van der Waals surface area (Å²) < 4.78 is 46.7. The van der Waals surface area contributed by atoms with Gasteiger partial charge in [-0.1, -0.05) is 36.4 Å². The van der Waals surface area contributed by atoms with Crippen LogP contribution in [-0.4, -0.2) is 7.11 Å². The maximum absolute atomic E-state index is 14.3. The Kier molecular flexibility index (Phi) is 4.79. The first-order valence-electron chi connectivity index (χ1n) is 7.90. The molecule has 0 saturated carbocycles. The van der Waals surface area contributed by atoms with Gasteiger partial charge in [-0.15, -0.1) is 6.58 Å². The Morgan fingerprint density at radius 1 is 0.960 bits per heavy atom. The van der Waals surface area contributed by atoms with E-state index in [1.807, 2.05) is 30.3 Å². The Labute approximate surface area is 144 Å². The number of ether oxygens (including phenoxy) is 1. The molecule has 0 aliphatic carbocycles. The first kappa shape index (κ1) is 17.1. The molecule has 1 nitrogen and oxygen atoms in total. The lowest BCUT2D eigenvalue weighted by Crippen LogP contribution is -1.99. The molecule has 0 amide bonds. The van der Waals surface area contributed by atoms with E-state index in [1.54, 1.807) is 12.1 Å². The molecule has 0 N–H and O–H groups in total. The summed E-state index contributed by atoms with van der Waals surface area (Å²) >= 11 is 0. The predicted molar refractivity (Wildman–Crippen MR) is 94.3 cm³/mol. The number of rotatable bonds is 5. The zero-order chi connectivity index (χ0) is 18.0. The molecule has 0 heterocycles. The molecular weight excluding hydrogens is 325 g/mol. The minimum atomic E-state index is -1.32. The number of fused-ring (bicyclic) bond motifs is 1. The van der Waals surface area contributed by atoms with Crippen LogP contribution in [0.3, 0.4) is 0 Å². The molecular formula is C21H17F3O. The summed E-state index contributed by atoms with van der Waals surface area (Å²) in [6.45, 7) is 3.71. The fourth-order valence-corrected chi connectivity index (χ4v) is 2.86. The standard InChI is InChI=1S/C21H17F3O/c1-3-4-5-13-6-7-15-11-16(9-8-14(15)10-13)17-12-18(22)21(25-2)20(24)19(17)23/h3,6-12H,1,4-5H2,2H3. The fraction of sp³-hybridized carbons (Fsp3) is 0.143. The molecule has 0 saturated heterocycles. The van der Waals surface area contributed by atoms with Gasteiger partial charge in [0.1, 0.15) is 0 Å². The summed E-state index contributed by atoms with van der Waals surface area (Å²) in [4.78, 5) is 0. The molecule has 128 valence electrons. The third-order valence-corrected chi connectivity index (χ3v) is 4.17. The maximum Gasteiger partial charge on any atom is 0.204 e. The van der Waals surface area contributed by atoms with Crippen LogP contribution in [0, 0.1) is 17.5 Å². The second kappa shape index (κ2) is 7.01. The van der Waals surface area contributed by atoms with E-state index in [4.69, 9.17) is 0 Å². The number of benzene rings is 3. The van der Waals surface area contributed by atoms with Crippen LogP contribution in [0.4, 0.5) is 13.2 Å². The highest BCUT2D eigenvalue weighted by Crippen LogP contribution is 2.33. The van der Waals surface area contributed by atoms with Crippen LogP contribution in [0.2, 0.25) is 0 Å². The van der Waals surface area contributed by atoms with E-state index in [9.17, 15) is 13.2 Å². The summed E-state index contributed by atoms with van der Waals surface area (Å²) in [6, 6.07) is 12.1. The largest absolute Gasteiger partial charge is 0.491 e. The topological polar surface area (TPSA) is 9.23 Å². The van der Waals surface area contributed by atoms with Crippen LogP contribution in [0.1, 0.15) is 12.0 Å². The fourth-order valence-electron chi connectivity index (χ4n) is 2.86. The Morgan fingerprint density at radius 2 is 1.68 bits per heavy atom. The summed E-state index contributed by atoms with van der Waals surface area (Å²) in [5.41, 5.74) is 1.45. The van der Waals surface area contributed by atoms with Gasteiger partial charge in [-0.25, -0.2) is 8.78 Å². The minimum absolute atomic E-state index is 0.131. The lowest BCUT2D eigenvalue weighted by atomic mass is 9.98. The van der Waals surface area contributed by atoms with Crippen molar-refractivity contribution in [2.75, 3.05) is 7.11 Å². The molecule has 0 radical (unpaired) electrons. The van der Waals surface area contributed by atoms with Crippen molar-refractivity contribution in [3.05, 3.63) is 78.1 Å². The summed E-state index contributed by atoms with van der Waals surface area (Å²) in [7, 11) is 1.10. The third kappa shape index (κ3) is 3.25. The van der Waals surface area contributed by atoms with Crippen LogP contribution in [0.25, 0.3) is 21.9 Å². The molecule has 4 heteroatoms. The number of allylic oxidation sites excluding steroid dienone is 1. The molecule has 3 rings (SSSR count). The quantitative estimate of drug-likeness (QED) is 0.405. The van der Waals surface area contributed by atoms with E-state index in [0.29, 0.717) is 5.56 Å². The molecule has 0 aliphatic rings. The van der Waals surface area contributed by atoms with Crippen LogP contribution in [0.15, 0.2) is 55.1 Å². The van der Waals surface area contributed by atoms with Gasteiger partial charge in [0, 0.05) is 5.56 Å². The van der Waals surface area contributed by atoms with Crippen LogP contribution in [0.5, 0.6) is 5.75 Å². The van der Waals surface area contributed by atoms with E-state index in [1.165, 1.54) is 5.56 Å². The maximum atomic E-state index is 14.3. The van der Waals surface area contributed by atoms with E-state index < -0.39 is 23.2 Å². The van der Waals surface area contributed by atoms with E-state index in [-0.39, 0.29) is 5.56 Å². The van der Waals surface area contributed by atoms with Gasteiger partial charge in [0.2, 0.25) is 5.82 Å². The molecule has 0 aromatic heterocycles. The van der Waals surface area contributed by atoms with Crippen molar-refractivity contribution < 1.29 is 17.9 Å². The van der Waals surface area contributed by atoms with Crippen molar-refractivity contribution in [1.29, 1.82) is 0 Å². The van der Waals surface area contributed by atoms with Crippen molar-refractivity contribution in [3.8, 4) is 16.9 Å². The minimum Gasteiger partial charge on any atom is -0.491 e. The van der Waals surface area contributed by atoms with Gasteiger partial charge in [-0.2, -0.15) is 4.39 Å². The van der Waals surface area contributed by atoms with Crippen molar-refractivity contribution in [1.82, 2.24) is 0 Å². The molecule has 3 aromatic rings. The predicted octanol–water partition coefficient (Wildman–Crippen LogP) is 6.05. The second-order valence-electron chi connectivity index (χ2n) is 5.79. The monoisotopic (exact) mass is 342 g/mol. The third-order valence-electron chi connectivity index (χ3n) is 4.17. The summed E-state index contributed by atoms with van der Waals surface area (Å²) in [6.07, 6.45) is 3.65. The Balaban J connectivity index is 2.06. The van der Waals surface area contributed by atoms with E-state index in [2.05, 4.69) is 11.3 Å². The second-order valence-corrected chi connectivity index (χ2v) is 5.79. The molecule has 25 heavy (non-hydrogen) atoms. The van der Waals surface area contributed by atoms with Crippen LogP contribution in [-0.2, 0) is 6.42 Å². The average molecular weight is 342 g/mol. The first-order valence-corrected chi connectivity index (χ1v) is 7.90. The van der Waals surface area contributed by atoms with Gasteiger partial charge >= 0.3 is 0 Å². The summed E-state index contributed by atoms with van der Waals surface area (Å²) in [5.74, 6) is -4.09. The Bertz CT molecular complexity index is 948. The lowest BCUT2D eigenvalue weighted by molar-refractivity contribution is 0.347. The lowest BCUT2D eigenvalue weighted by Gasteiger charge is -2.10. The van der Waals surface area contributed by atoms with Crippen molar-refractivity contribution in [3.63, 3.8) is 0 Å². The Morgan fingerprint density at radius 3 is 2.40 bits per heavy atom. The van der Waals surface area contributed by atoms with Gasteiger partial charge in [-0.05, 0) is 46.9 Å². The molecule has 0 aliphatic heterocycles. The van der Waals surface area contributed by atoms with Crippen LogP contribution >= 0.6 is 0 Å². The molecule has 0 unspecified atom stereocenters. The van der Waals surface area contributed by atoms with Gasteiger partial charge in [0.05, 0.1) is 7.11 Å². The highest BCUT2D eigenvalue weighted by Gasteiger charge is 2.20. The SMILES string of the molecule is C=CCCc1ccc2cc(-c3cc(F)c(OC)c(F)c3F)ccc2c1. The van der Waals surface area contributed by atoms with E-state index >= 15 is 0 Å². The number of methoxy groups -OCH3 is 1. The molecule has 0 bridgehead atoms. The zero-order valence-electron chi connectivity index (χ0n) is 13.8. The highest BCUT2D eigenvalue weighted by molar-refractivity contribution is 5.88. The molecule has 0 spiro atoms. The number of aryl methyl sites for hydroxylation is 1. The average Bonchev–Trinajstić information content (AvgIpc) is 2.63. The van der Waals surface area contributed by atoms with Crippen molar-refractivity contribution in [2.45, 2.75) is 12.8 Å². The number of halogens is 3. The van der Waals surface area contributed by atoms with Gasteiger partial charge in [-0.3, -0.25) is 0 Å². The first-order chi connectivity index (χ1) is 12.0. The molecule has 3 aromatic carbocycles. The van der Waals surface area contributed by atoms with Crippen LogP contribution < -0.4 is 4.74 Å². The number of hydrogen-bond donors (Lipinski definition) is 0. The smallest absolute Gasteiger partial charge is 0.204 e. The normalized spacial score (nSPS) is 10.9. The highest BCUT2D eigenvalue weighted by atomic mass is 19.2. The zero-order valence-corrected chi connectivity index (χ0v) is 13.8. The Hall–Kier alpha value is -2.75. The van der Waals surface area contributed by atoms with Crippen molar-refractivity contribution in [2.24, 2.45) is 0 Å². The number of hydrogen-bond acceptors (Lipinski definition) is 1. The van der Waals surface area contributed by atoms with Gasteiger partial charge < -0.3 is 4.74 Å².